The quantitative estimate of drug-likeness (QED) is 0.619. The Balaban J connectivity index is 3.58. The standard InChI is InChI=1S/C9H22N2O/c1-7(2)9(5-10)11-6-8(3)12-4/h7-9,11H,5-6,10H2,1-4H3. The fraction of sp³-hybridized carbons (Fsp3) is 1.00. The highest BCUT2D eigenvalue weighted by Crippen LogP contribution is 1.99. The molecule has 0 fully saturated rings. The van der Waals surface area contributed by atoms with Gasteiger partial charge in [0.2, 0.25) is 0 Å². The molecule has 0 aromatic rings. The van der Waals surface area contributed by atoms with E-state index in [2.05, 4.69) is 19.2 Å². The molecule has 0 saturated heterocycles. The van der Waals surface area contributed by atoms with E-state index in [9.17, 15) is 0 Å². The molecule has 2 unspecified atom stereocenters. The molecular weight excluding hydrogens is 152 g/mol. The number of ether oxygens (including phenoxy) is 1. The molecule has 3 N–H and O–H groups in total. The van der Waals surface area contributed by atoms with Gasteiger partial charge in [-0.15, -0.1) is 0 Å². The molecule has 12 heavy (non-hydrogen) atoms. The van der Waals surface area contributed by atoms with Crippen molar-refractivity contribution in [2.75, 3.05) is 20.2 Å². The van der Waals surface area contributed by atoms with Crippen molar-refractivity contribution in [2.24, 2.45) is 11.7 Å². The maximum atomic E-state index is 5.60. The van der Waals surface area contributed by atoms with E-state index < -0.39 is 0 Å². The van der Waals surface area contributed by atoms with Crippen LogP contribution in [0.15, 0.2) is 0 Å². The molecule has 3 nitrogen and oxygen atoms in total. The second-order valence-corrected chi connectivity index (χ2v) is 3.54. The van der Waals surface area contributed by atoms with Crippen LogP contribution in [0.25, 0.3) is 0 Å². The molecule has 74 valence electrons. The first kappa shape index (κ1) is 11.9. The lowest BCUT2D eigenvalue weighted by Crippen LogP contribution is -2.43. The van der Waals surface area contributed by atoms with E-state index in [1.54, 1.807) is 7.11 Å². The molecule has 0 saturated carbocycles. The van der Waals surface area contributed by atoms with Crippen LogP contribution in [0.5, 0.6) is 0 Å². The van der Waals surface area contributed by atoms with Crippen molar-refractivity contribution in [3.63, 3.8) is 0 Å². The van der Waals surface area contributed by atoms with E-state index in [-0.39, 0.29) is 6.10 Å². The second-order valence-electron chi connectivity index (χ2n) is 3.54. The Bertz CT molecular complexity index is 107. The number of rotatable bonds is 6. The summed E-state index contributed by atoms with van der Waals surface area (Å²) in [6, 6.07) is 0.405. The largest absolute Gasteiger partial charge is 0.380 e. The molecule has 0 aliphatic heterocycles. The van der Waals surface area contributed by atoms with Gasteiger partial charge in [-0.1, -0.05) is 13.8 Å². The van der Waals surface area contributed by atoms with Gasteiger partial charge >= 0.3 is 0 Å². The number of hydrogen-bond acceptors (Lipinski definition) is 3. The Kier molecular flexibility index (Phi) is 6.34. The maximum Gasteiger partial charge on any atom is 0.0667 e. The zero-order valence-corrected chi connectivity index (χ0v) is 8.63. The van der Waals surface area contributed by atoms with Gasteiger partial charge in [0.25, 0.3) is 0 Å². The molecule has 0 radical (unpaired) electrons. The third kappa shape index (κ3) is 4.70. The number of nitrogens with one attached hydrogen (secondary N) is 1. The Morgan fingerprint density at radius 1 is 1.33 bits per heavy atom. The van der Waals surface area contributed by atoms with E-state index >= 15 is 0 Å². The van der Waals surface area contributed by atoms with E-state index in [1.165, 1.54) is 0 Å². The van der Waals surface area contributed by atoms with Crippen molar-refractivity contribution in [3.8, 4) is 0 Å². The number of methoxy groups -OCH3 is 1. The maximum absolute atomic E-state index is 5.60. The van der Waals surface area contributed by atoms with Crippen LogP contribution in [0.1, 0.15) is 20.8 Å². The van der Waals surface area contributed by atoms with Gasteiger partial charge in [0, 0.05) is 26.2 Å². The van der Waals surface area contributed by atoms with Gasteiger partial charge in [0.05, 0.1) is 6.10 Å². The zero-order chi connectivity index (χ0) is 9.56. The Morgan fingerprint density at radius 3 is 2.25 bits per heavy atom. The van der Waals surface area contributed by atoms with Crippen molar-refractivity contribution >= 4 is 0 Å². The summed E-state index contributed by atoms with van der Waals surface area (Å²) in [6.07, 6.45) is 0.262. The second kappa shape index (κ2) is 6.40. The summed E-state index contributed by atoms with van der Waals surface area (Å²) in [5.41, 5.74) is 5.60. The van der Waals surface area contributed by atoms with Gasteiger partial charge in [-0.05, 0) is 12.8 Å². The number of nitrogens with two attached hydrogens (primary N) is 1. The first-order valence-electron chi connectivity index (χ1n) is 4.58. The van der Waals surface area contributed by atoms with Crippen LogP contribution in [0.4, 0.5) is 0 Å². The first-order valence-corrected chi connectivity index (χ1v) is 4.58. The highest BCUT2D eigenvalue weighted by molar-refractivity contribution is 4.72. The minimum atomic E-state index is 0.262. The predicted molar refractivity (Wildman–Crippen MR) is 52.2 cm³/mol. The summed E-state index contributed by atoms with van der Waals surface area (Å²) in [5.74, 6) is 0.582. The molecule has 3 heteroatoms. The van der Waals surface area contributed by atoms with Crippen LogP contribution in [0.2, 0.25) is 0 Å². The summed E-state index contributed by atoms with van der Waals surface area (Å²) in [7, 11) is 1.72. The van der Waals surface area contributed by atoms with Gasteiger partial charge in [-0.25, -0.2) is 0 Å². The fourth-order valence-electron chi connectivity index (χ4n) is 0.992. The van der Waals surface area contributed by atoms with Crippen molar-refractivity contribution in [2.45, 2.75) is 32.9 Å². The first-order chi connectivity index (χ1) is 5.61. The molecule has 0 aromatic carbocycles. The molecular formula is C9H22N2O. The van der Waals surface area contributed by atoms with Crippen LogP contribution in [-0.4, -0.2) is 32.3 Å². The minimum Gasteiger partial charge on any atom is -0.380 e. The topological polar surface area (TPSA) is 47.3 Å². The van der Waals surface area contributed by atoms with Gasteiger partial charge in [0.15, 0.2) is 0 Å². The Hall–Kier alpha value is -0.120. The predicted octanol–water partition coefficient (Wildman–Crippen LogP) is 0.594. The normalized spacial score (nSPS) is 16.5. The lowest BCUT2D eigenvalue weighted by atomic mass is 10.0. The number of hydrogen-bond donors (Lipinski definition) is 2. The molecule has 0 aliphatic carbocycles. The summed E-state index contributed by atoms with van der Waals surface area (Å²) >= 11 is 0. The lowest BCUT2D eigenvalue weighted by Gasteiger charge is -2.22. The fourth-order valence-corrected chi connectivity index (χ4v) is 0.992. The van der Waals surface area contributed by atoms with Crippen LogP contribution in [0, 0.1) is 5.92 Å². The molecule has 0 aromatic heterocycles. The van der Waals surface area contributed by atoms with Crippen molar-refractivity contribution in [1.29, 1.82) is 0 Å². The van der Waals surface area contributed by atoms with Gasteiger partial charge < -0.3 is 15.8 Å². The molecule has 0 heterocycles. The van der Waals surface area contributed by atoms with Crippen molar-refractivity contribution in [1.82, 2.24) is 5.32 Å². The van der Waals surface area contributed by atoms with Crippen LogP contribution >= 0.6 is 0 Å². The summed E-state index contributed by atoms with van der Waals surface area (Å²) in [4.78, 5) is 0. The van der Waals surface area contributed by atoms with Crippen LogP contribution in [-0.2, 0) is 4.74 Å². The average molecular weight is 174 g/mol. The van der Waals surface area contributed by atoms with Gasteiger partial charge in [0.1, 0.15) is 0 Å². The summed E-state index contributed by atoms with van der Waals surface area (Å²) < 4.78 is 5.12. The molecule has 0 amide bonds. The summed E-state index contributed by atoms with van der Waals surface area (Å²) in [6.45, 7) is 7.94. The molecule has 0 bridgehead atoms. The highest BCUT2D eigenvalue weighted by atomic mass is 16.5. The van der Waals surface area contributed by atoms with E-state index in [0.717, 1.165) is 6.54 Å². The zero-order valence-electron chi connectivity index (χ0n) is 8.63. The minimum absolute atomic E-state index is 0.262. The van der Waals surface area contributed by atoms with Crippen molar-refractivity contribution in [3.05, 3.63) is 0 Å². The SMILES string of the molecule is COC(C)CNC(CN)C(C)C. The Morgan fingerprint density at radius 2 is 1.92 bits per heavy atom. The Labute approximate surface area is 75.7 Å². The average Bonchev–Trinajstić information content (AvgIpc) is 2.04. The molecule has 0 rings (SSSR count). The van der Waals surface area contributed by atoms with E-state index in [1.807, 2.05) is 6.92 Å². The smallest absolute Gasteiger partial charge is 0.0667 e. The van der Waals surface area contributed by atoms with E-state index in [4.69, 9.17) is 10.5 Å². The van der Waals surface area contributed by atoms with Crippen LogP contribution < -0.4 is 11.1 Å². The molecule has 0 aliphatic rings. The summed E-state index contributed by atoms with van der Waals surface area (Å²) in [5, 5.41) is 3.37. The highest BCUT2D eigenvalue weighted by Gasteiger charge is 2.11. The van der Waals surface area contributed by atoms with E-state index in [0.29, 0.717) is 18.5 Å². The van der Waals surface area contributed by atoms with Crippen LogP contribution in [0.3, 0.4) is 0 Å². The van der Waals surface area contributed by atoms with Gasteiger partial charge in [-0.3, -0.25) is 0 Å². The molecule has 0 spiro atoms. The third-order valence-electron chi connectivity index (χ3n) is 2.13. The van der Waals surface area contributed by atoms with Crippen molar-refractivity contribution < 1.29 is 4.74 Å². The third-order valence-corrected chi connectivity index (χ3v) is 2.13. The lowest BCUT2D eigenvalue weighted by molar-refractivity contribution is 0.112. The van der Waals surface area contributed by atoms with Gasteiger partial charge in [-0.2, -0.15) is 0 Å². The molecule has 2 atom stereocenters. The monoisotopic (exact) mass is 174 g/mol.